The van der Waals surface area contributed by atoms with Gasteiger partial charge >= 0.3 is 0 Å². The Bertz CT molecular complexity index is 1460. The van der Waals surface area contributed by atoms with Gasteiger partial charge in [-0.3, -0.25) is 19.3 Å². The summed E-state index contributed by atoms with van der Waals surface area (Å²) in [5.41, 5.74) is 3.49. The third-order valence-corrected chi connectivity index (χ3v) is 8.87. The minimum absolute atomic E-state index is 0.000354. The predicted octanol–water partition coefficient (Wildman–Crippen LogP) is 1.92. The average Bonchev–Trinajstić information content (AvgIpc) is 3.35. The number of likely N-dealkylation sites (N-methyl/N-ethyl adjacent to an activating group) is 1. The highest BCUT2D eigenvalue weighted by atomic mass is 32.1. The summed E-state index contributed by atoms with van der Waals surface area (Å²) >= 11 is 1.39. The molecule has 4 atom stereocenters. The van der Waals surface area contributed by atoms with E-state index in [1.165, 1.54) is 16.2 Å². The zero-order valence-corrected chi connectivity index (χ0v) is 22.2. The Balaban J connectivity index is 1.76. The van der Waals surface area contributed by atoms with Crippen LogP contribution in [0.5, 0.6) is 5.75 Å². The normalized spacial score (nSPS) is 26.8. The summed E-state index contributed by atoms with van der Waals surface area (Å²) in [6, 6.07) is 4.44. The van der Waals surface area contributed by atoms with E-state index in [9.17, 15) is 34.8 Å². The van der Waals surface area contributed by atoms with Crippen LogP contribution in [0.15, 0.2) is 46.2 Å². The summed E-state index contributed by atoms with van der Waals surface area (Å²) in [7, 11) is 6.85. The number of benzene rings is 1. The second-order valence-electron chi connectivity index (χ2n) is 10.5. The Morgan fingerprint density at radius 2 is 1.84 bits per heavy atom. The fourth-order valence-electron chi connectivity index (χ4n) is 6.32. The van der Waals surface area contributed by atoms with Crippen LogP contribution in [0, 0.1) is 11.8 Å². The smallest absolute Gasteiger partial charge is 0.255 e. The quantitative estimate of drug-likeness (QED) is 0.365. The van der Waals surface area contributed by atoms with Crippen molar-refractivity contribution in [2.45, 2.75) is 24.5 Å². The molecule has 4 unspecified atom stereocenters. The number of hydrogen-bond donors (Lipinski definition) is 5. The van der Waals surface area contributed by atoms with Gasteiger partial charge in [0.1, 0.15) is 22.8 Å². The van der Waals surface area contributed by atoms with Gasteiger partial charge in [-0.15, -0.1) is 11.3 Å². The minimum Gasteiger partial charge on any atom is -0.510 e. The Morgan fingerprint density at radius 1 is 1.16 bits per heavy atom. The van der Waals surface area contributed by atoms with E-state index < -0.39 is 58.0 Å². The molecule has 10 nitrogen and oxygen atoms in total. The number of amides is 1. The molecule has 0 bridgehead atoms. The molecule has 2 aromatic rings. The number of primary amides is 1. The maximum absolute atomic E-state index is 14.0. The number of Topliss-reactive ketones (excluding diaryl/α,β-unsaturated/α-hetero) is 2. The van der Waals surface area contributed by atoms with Gasteiger partial charge in [0, 0.05) is 41.7 Å². The molecule has 3 aliphatic rings. The maximum Gasteiger partial charge on any atom is 0.255 e. The topological polar surface area (TPSA) is 165 Å². The lowest BCUT2D eigenvalue weighted by atomic mass is 9.58. The van der Waals surface area contributed by atoms with Crippen LogP contribution in [0.3, 0.4) is 0 Å². The van der Waals surface area contributed by atoms with Crippen LogP contribution in [-0.4, -0.2) is 82.6 Å². The number of allylic oxidation sites excluding steroid dienone is 1. The summed E-state index contributed by atoms with van der Waals surface area (Å²) in [5.74, 6) is -6.59. The van der Waals surface area contributed by atoms with Gasteiger partial charge in [-0.05, 0) is 55.9 Å². The Morgan fingerprint density at radius 3 is 2.39 bits per heavy atom. The first kappa shape index (κ1) is 26.0. The summed E-state index contributed by atoms with van der Waals surface area (Å²) in [5, 5.41) is 47.2. The van der Waals surface area contributed by atoms with Crippen LogP contribution in [0.25, 0.3) is 10.4 Å². The molecule has 1 aromatic heterocycles. The lowest BCUT2D eigenvalue weighted by molar-refractivity contribution is -0.148. The molecule has 0 radical (unpaired) electrons. The molecule has 3 aliphatic carbocycles. The maximum atomic E-state index is 14.0. The Kier molecular flexibility index (Phi) is 5.93. The van der Waals surface area contributed by atoms with Crippen molar-refractivity contribution in [2.75, 3.05) is 33.1 Å². The van der Waals surface area contributed by atoms with Crippen LogP contribution in [0.2, 0.25) is 0 Å². The lowest BCUT2D eigenvalue weighted by Gasteiger charge is -2.50. The number of hydrogen-bond acceptors (Lipinski definition) is 10. The molecular weight excluding hydrogens is 510 g/mol. The van der Waals surface area contributed by atoms with E-state index in [4.69, 9.17) is 5.73 Å². The first-order chi connectivity index (χ1) is 17.8. The minimum atomic E-state index is -2.66. The summed E-state index contributed by atoms with van der Waals surface area (Å²) in [6.07, 6.45) is 0.284. The SMILES string of the molecule is CN(C)c1cc(-c2cccs2)c(O)c2c1CC1CC3C(N(C)C)C(O)=C(C(N)=O)C(=O)C3(O)C(O)=C1C2=O. The molecule has 0 aliphatic heterocycles. The van der Waals surface area contributed by atoms with Crippen LogP contribution in [-0.2, 0) is 16.0 Å². The van der Waals surface area contributed by atoms with Crippen molar-refractivity contribution in [2.24, 2.45) is 17.6 Å². The fourth-order valence-corrected chi connectivity index (χ4v) is 7.06. The molecular formula is C27H29N3O7S. The highest BCUT2D eigenvalue weighted by Gasteiger charge is 2.63. The molecule has 0 saturated carbocycles. The molecule has 0 fully saturated rings. The zero-order valence-electron chi connectivity index (χ0n) is 21.3. The first-order valence-electron chi connectivity index (χ1n) is 12.1. The number of thiophene rings is 1. The van der Waals surface area contributed by atoms with E-state index in [2.05, 4.69) is 0 Å². The van der Waals surface area contributed by atoms with Crippen molar-refractivity contribution in [3.8, 4) is 16.2 Å². The number of nitrogens with zero attached hydrogens (tertiary/aromatic N) is 2. The molecule has 1 aromatic carbocycles. The van der Waals surface area contributed by atoms with Gasteiger partial charge in [0.2, 0.25) is 5.78 Å². The third-order valence-electron chi connectivity index (χ3n) is 7.97. The van der Waals surface area contributed by atoms with Crippen LogP contribution >= 0.6 is 11.3 Å². The number of rotatable bonds is 4. The van der Waals surface area contributed by atoms with Crippen molar-refractivity contribution in [3.63, 3.8) is 0 Å². The van der Waals surface area contributed by atoms with Gasteiger partial charge in [-0.25, -0.2) is 0 Å². The standard InChI is InChI=1S/C27H29N3O7S/c1-29(2)15-10-13(16-6-5-7-38-16)21(31)18-12(15)8-11-9-14-20(30(3)4)23(33)19(26(28)36)25(35)27(14,37)24(34)17(11)22(18)32/h5-7,10-11,14,20,31,33-34,37H,8-9H2,1-4H3,(H2,28,36). The average molecular weight is 540 g/mol. The number of aliphatic hydroxyl groups is 3. The number of fused-ring (bicyclic) bond motifs is 3. The number of ketones is 2. The van der Waals surface area contributed by atoms with Crippen molar-refractivity contribution in [1.29, 1.82) is 0 Å². The van der Waals surface area contributed by atoms with Gasteiger partial charge in [-0.2, -0.15) is 0 Å². The van der Waals surface area contributed by atoms with Gasteiger partial charge in [0.25, 0.3) is 5.91 Å². The van der Waals surface area contributed by atoms with E-state index in [1.54, 1.807) is 14.1 Å². The molecule has 0 spiro atoms. The number of aliphatic hydroxyl groups excluding tert-OH is 2. The van der Waals surface area contributed by atoms with Crippen LogP contribution in [0.1, 0.15) is 22.3 Å². The van der Waals surface area contributed by atoms with Crippen molar-refractivity contribution in [1.82, 2.24) is 4.90 Å². The van der Waals surface area contributed by atoms with E-state index in [0.717, 1.165) is 10.6 Å². The molecule has 6 N–H and O–H groups in total. The predicted molar refractivity (Wildman–Crippen MR) is 141 cm³/mol. The number of anilines is 1. The van der Waals surface area contributed by atoms with E-state index >= 15 is 0 Å². The van der Waals surface area contributed by atoms with E-state index in [1.807, 2.05) is 42.6 Å². The van der Waals surface area contributed by atoms with E-state index in [0.29, 0.717) is 11.1 Å². The zero-order chi connectivity index (χ0) is 27.8. The summed E-state index contributed by atoms with van der Waals surface area (Å²) in [4.78, 5) is 43.7. The van der Waals surface area contributed by atoms with Gasteiger partial charge < -0.3 is 31.1 Å². The second kappa shape index (κ2) is 8.69. The molecule has 11 heteroatoms. The van der Waals surface area contributed by atoms with E-state index in [-0.39, 0.29) is 29.7 Å². The number of phenols is 1. The summed E-state index contributed by atoms with van der Waals surface area (Å²) < 4.78 is 0. The number of carbonyl (C=O) groups excluding carboxylic acids is 3. The highest BCUT2D eigenvalue weighted by molar-refractivity contribution is 7.13. The van der Waals surface area contributed by atoms with Gasteiger partial charge in [0.15, 0.2) is 11.4 Å². The van der Waals surface area contributed by atoms with Crippen molar-refractivity contribution >= 4 is 34.5 Å². The molecule has 0 saturated heterocycles. The van der Waals surface area contributed by atoms with Crippen LogP contribution < -0.4 is 10.6 Å². The molecule has 5 rings (SSSR count). The molecule has 1 amide bonds. The fraction of sp³-hybridized carbons (Fsp3) is 0.370. The first-order valence-corrected chi connectivity index (χ1v) is 12.9. The Labute approximate surface area is 222 Å². The van der Waals surface area contributed by atoms with Gasteiger partial charge in [-0.1, -0.05) is 6.07 Å². The molecule has 38 heavy (non-hydrogen) atoms. The largest absolute Gasteiger partial charge is 0.510 e. The number of phenolic OH excluding ortho intramolecular Hbond substituents is 1. The third kappa shape index (κ3) is 3.35. The second-order valence-corrected chi connectivity index (χ2v) is 11.4. The number of carbonyl (C=O) groups is 3. The van der Waals surface area contributed by atoms with Crippen LogP contribution in [0.4, 0.5) is 5.69 Å². The molecule has 1 heterocycles. The monoisotopic (exact) mass is 539 g/mol. The lowest BCUT2D eigenvalue weighted by Crippen LogP contribution is -2.63. The number of nitrogens with two attached hydrogens (primary N) is 1. The Hall–Kier alpha value is -3.67. The highest BCUT2D eigenvalue weighted by Crippen LogP contribution is 2.54. The van der Waals surface area contributed by atoms with Crippen molar-refractivity contribution in [3.05, 3.63) is 57.4 Å². The summed E-state index contributed by atoms with van der Waals surface area (Å²) in [6.45, 7) is 0. The number of aromatic hydroxyl groups is 1. The molecule has 200 valence electrons. The van der Waals surface area contributed by atoms with Crippen molar-refractivity contribution < 1.29 is 34.8 Å². The van der Waals surface area contributed by atoms with Gasteiger partial charge in [0.05, 0.1) is 11.6 Å².